The zero-order valence-electron chi connectivity index (χ0n) is 8.64. The van der Waals surface area contributed by atoms with Gasteiger partial charge in [-0.2, -0.15) is 0 Å². The summed E-state index contributed by atoms with van der Waals surface area (Å²) in [5, 5.41) is 0.856. The first-order valence-corrected chi connectivity index (χ1v) is 6.04. The Morgan fingerprint density at radius 2 is 1.75 bits per heavy atom. The molecule has 1 aromatic carbocycles. The molecule has 0 aliphatic rings. The van der Waals surface area contributed by atoms with Gasteiger partial charge in [0.2, 0.25) is 0 Å². The number of hydrogen-bond acceptors (Lipinski definition) is 3. The van der Waals surface area contributed by atoms with Crippen molar-refractivity contribution in [1.29, 1.82) is 0 Å². The van der Waals surface area contributed by atoms with Crippen molar-refractivity contribution in [1.82, 2.24) is 9.97 Å². The second kappa shape index (κ2) is 5.61. The highest BCUT2D eigenvalue weighted by Crippen LogP contribution is 2.14. The molecule has 0 spiro atoms. The lowest BCUT2D eigenvalue weighted by atomic mass is 10.2. The Kier molecular flexibility index (Phi) is 3.88. The third-order valence-corrected chi connectivity index (χ3v) is 2.71. The van der Waals surface area contributed by atoms with E-state index < -0.39 is 0 Å². The smallest absolute Gasteiger partial charge is 0.166 e. The van der Waals surface area contributed by atoms with Crippen LogP contribution in [0.4, 0.5) is 0 Å². The Labute approximate surface area is 103 Å². The maximum Gasteiger partial charge on any atom is 0.166 e. The van der Waals surface area contributed by atoms with Crippen molar-refractivity contribution in [3.05, 3.63) is 54.1 Å². The molecule has 0 amide bonds. The van der Waals surface area contributed by atoms with Gasteiger partial charge in [-0.15, -0.1) is 0 Å². The standard InChI is InChI=1S/C12H11BrN2O/c13-8-10-2-4-11(5-3-10)16-9-12-14-6-1-7-15-12/h1-7H,8-9H2. The van der Waals surface area contributed by atoms with Crippen molar-refractivity contribution in [2.24, 2.45) is 0 Å². The van der Waals surface area contributed by atoms with Gasteiger partial charge in [0.05, 0.1) is 0 Å². The Morgan fingerprint density at radius 1 is 1.06 bits per heavy atom. The molecule has 2 aromatic rings. The molecule has 0 aliphatic heterocycles. The van der Waals surface area contributed by atoms with Crippen LogP contribution in [0.3, 0.4) is 0 Å². The van der Waals surface area contributed by atoms with E-state index in [0.717, 1.165) is 11.1 Å². The molecule has 0 fully saturated rings. The summed E-state index contributed by atoms with van der Waals surface area (Å²) >= 11 is 3.40. The van der Waals surface area contributed by atoms with Crippen LogP contribution in [-0.4, -0.2) is 9.97 Å². The van der Waals surface area contributed by atoms with Crippen LogP contribution in [0.25, 0.3) is 0 Å². The van der Waals surface area contributed by atoms with Crippen LogP contribution in [-0.2, 0) is 11.9 Å². The summed E-state index contributed by atoms with van der Waals surface area (Å²) in [5.41, 5.74) is 1.23. The van der Waals surface area contributed by atoms with Crippen LogP contribution in [0, 0.1) is 0 Å². The van der Waals surface area contributed by atoms with E-state index in [0.29, 0.717) is 12.4 Å². The van der Waals surface area contributed by atoms with Gasteiger partial charge in [-0.25, -0.2) is 9.97 Å². The number of aromatic nitrogens is 2. The molecule has 0 unspecified atom stereocenters. The topological polar surface area (TPSA) is 35.0 Å². The first kappa shape index (κ1) is 11.1. The lowest BCUT2D eigenvalue weighted by Crippen LogP contribution is -2.00. The molecule has 3 nitrogen and oxygen atoms in total. The molecule has 16 heavy (non-hydrogen) atoms. The van der Waals surface area contributed by atoms with Gasteiger partial charge in [0.25, 0.3) is 0 Å². The van der Waals surface area contributed by atoms with Gasteiger partial charge in [-0.05, 0) is 23.8 Å². The van der Waals surface area contributed by atoms with Gasteiger partial charge in [-0.1, -0.05) is 28.1 Å². The van der Waals surface area contributed by atoms with E-state index in [1.54, 1.807) is 18.5 Å². The summed E-state index contributed by atoms with van der Waals surface area (Å²) in [6.45, 7) is 0.397. The van der Waals surface area contributed by atoms with Crippen molar-refractivity contribution >= 4 is 15.9 Å². The third kappa shape index (κ3) is 3.03. The minimum atomic E-state index is 0.397. The Bertz CT molecular complexity index is 431. The summed E-state index contributed by atoms with van der Waals surface area (Å²) < 4.78 is 5.55. The number of benzene rings is 1. The highest BCUT2D eigenvalue weighted by Gasteiger charge is 1.97. The maximum absolute atomic E-state index is 5.55. The molecule has 2 rings (SSSR count). The maximum atomic E-state index is 5.55. The SMILES string of the molecule is BrCc1ccc(OCc2ncccn2)cc1. The van der Waals surface area contributed by atoms with Crippen LogP contribution < -0.4 is 4.74 Å². The highest BCUT2D eigenvalue weighted by atomic mass is 79.9. The van der Waals surface area contributed by atoms with Gasteiger partial charge in [0.15, 0.2) is 5.82 Å². The van der Waals surface area contributed by atoms with Gasteiger partial charge in [0.1, 0.15) is 12.4 Å². The van der Waals surface area contributed by atoms with E-state index >= 15 is 0 Å². The molecule has 0 saturated carbocycles. The van der Waals surface area contributed by atoms with Crippen LogP contribution in [0.15, 0.2) is 42.7 Å². The molecular formula is C12H11BrN2O. The van der Waals surface area contributed by atoms with E-state index in [9.17, 15) is 0 Å². The number of alkyl halides is 1. The predicted molar refractivity (Wildman–Crippen MR) is 65.4 cm³/mol. The molecular weight excluding hydrogens is 268 g/mol. The van der Waals surface area contributed by atoms with E-state index in [-0.39, 0.29) is 0 Å². The monoisotopic (exact) mass is 278 g/mol. The predicted octanol–water partition coefficient (Wildman–Crippen LogP) is 2.95. The Morgan fingerprint density at radius 3 is 2.38 bits per heavy atom. The molecule has 0 N–H and O–H groups in total. The van der Waals surface area contributed by atoms with Gasteiger partial charge in [-0.3, -0.25) is 0 Å². The van der Waals surface area contributed by atoms with Crippen molar-refractivity contribution in [3.63, 3.8) is 0 Å². The second-order valence-corrected chi connectivity index (χ2v) is 3.79. The largest absolute Gasteiger partial charge is 0.486 e. The van der Waals surface area contributed by atoms with E-state index in [1.165, 1.54) is 5.56 Å². The molecule has 0 aliphatic carbocycles. The number of rotatable bonds is 4. The van der Waals surface area contributed by atoms with Crippen LogP contribution >= 0.6 is 15.9 Å². The van der Waals surface area contributed by atoms with Gasteiger partial charge >= 0.3 is 0 Å². The Balaban J connectivity index is 1.94. The van der Waals surface area contributed by atoms with E-state index in [4.69, 9.17) is 4.74 Å². The fourth-order valence-corrected chi connectivity index (χ4v) is 1.60. The lowest BCUT2D eigenvalue weighted by molar-refractivity contribution is 0.295. The minimum absolute atomic E-state index is 0.397. The first-order valence-electron chi connectivity index (χ1n) is 4.92. The molecule has 4 heteroatoms. The van der Waals surface area contributed by atoms with Crippen LogP contribution in [0.5, 0.6) is 5.75 Å². The third-order valence-electron chi connectivity index (χ3n) is 2.06. The molecule has 82 valence electrons. The zero-order chi connectivity index (χ0) is 11.2. The summed E-state index contributed by atoms with van der Waals surface area (Å²) in [6, 6.07) is 9.72. The summed E-state index contributed by atoms with van der Waals surface area (Å²) in [6.07, 6.45) is 3.42. The number of halogens is 1. The zero-order valence-corrected chi connectivity index (χ0v) is 10.2. The normalized spacial score (nSPS) is 10.1. The number of ether oxygens (including phenoxy) is 1. The summed E-state index contributed by atoms with van der Waals surface area (Å²) in [4.78, 5) is 8.17. The van der Waals surface area contributed by atoms with E-state index in [1.807, 2.05) is 24.3 Å². The van der Waals surface area contributed by atoms with E-state index in [2.05, 4.69) is 25.9 Å². The summed E-state index contributed by atoms with van der Waals surface area (Å²) in [7, 11) is 0. The average Bonchev–Trinajstić information content (AvgIpc) is 2.38. The van der Waals surface area contributed by atoms with Crippen LogP contribution in [0.1, 0.15) is 11.4 Å². The minimum Gasteiger partial charge on any atom is -0.486 e. The van der Waals surface area contributed by atoms with Crippen molar-refractivity contribution in [2.45, 2.75) is 11.9 Å². The van der Waals surface area contributed by atoms with Gasteiger partial charge < -0.3 is 4.74 Å². The van der Waals surface area contributed by atoms with Gasteiger partial charge in [0, 0.05) is 17.7 Å². The van der Waals surface area contributed by atoms with Crippen molar-refractivity contribution in [3.8, 4) is 5.75 Å². The molecule has 0 saturated heterocycles. The molecule has 1 aromatic heterocycles. The highest BCUT2D eigenvalue weighted by molar-refractivity contribution is 9.08. The fourth-order valence-electron chi connectivity index (χ4n) is 1.23. The molecule has 0 bridgehead atoms. The fraction of sp³-hybridized carbons (Fsp3) is 0.167. The molecule has 0 atom stereocenters. The summed E-state index contributed by atoms with van der Waals surface area (Å²) in [5.74, 6) is 1.52. The van der Waals surface area contributed by atoms with Crippen LogP contribution in [0.2, 0.25) is 0 Å². The number of hydrogen-bond donors (Lipinski definition) is 0. The molecule has 0 radical (unpaired) electrons. The quantitative estimate of drug-likeness (QED) is 0.807. The lowest BCUT2D eigenvalue weighted by Gasteiger charge is -2.05. The average molecular weight is 279 g/mol. The second-order valence-electron chi connectivity index (χ2n) is 3.23. The Hall–Kier alpha value is -1.42. The number of nitrogens with zero attached hydrogens (tertiary/aromatic N) is 2. The van der Waals surface area contributed by atoms with Crippen molar-refractivity contribution in [2.75, 3.05) is 0 Å². The first-order chi connectivity index (χ1) is 7.88. The van der Waals surface area contributed by atoms with Crippen molar-refractivity contribution < 1.29 is 4.74 Å². The molecule has 1 heterocycles.